The Hall–Kier alpha value is -1.50. The van der Waals surface area contributed by atoms with Crippen LogP contribution >= 0.6 is 0 Å². The molecule has 0 aliphatic heterocycles. The van der Waals surface area contributed by atoms with Gasteiger partial charge in [0.2, 0.25) is 20.0 Å². The maximum Gasteiger partial charge on any atom is 0.331 e. The van der Waals surface area contributed by atoms with E-state index < -0.39 is 32.0 Å². The Labute approximate surface area is 167 Å². The van der Waals surface area contributed by atoms with Gasteiger partial charge in [0.05, 0.1) is 11.5 Å². The van der Waals surface area contributed by atoms with E-state index >= 15 is 0 Å². The van der Waals surface area contributed by atoms with Crippen LogP contribution in [0.5, 0.6) is 0 Å². The second-order valence-corrected chi connectivity index (χ2v) is 9.65. The van der Waals surface area contributed by atoms with E-state index in [0.717, 1.165) is 12.2 Å². The highest BCUT2D eigenvalue weighted by Crippen LogP contribution is 2.02. The van der Waals surface area contributed by atoms with Gasteiger partial charge in [-0.05, 0) is 0 Å². The van der Waals surface area contributed by atoms with E-state index in [4.69, 9.17) is 9.47 Å². The summed E-state index contributed by atoms with van der Waals surface area (Å²) in [5.74, 6) is -2.52. The lowest BCUT2D eigenvalue weighted by molar-refractivity contribution is -0.139. The van der Waals surface area contributed by atoms with Crippen molar-refractivity contribution in [1.29, 1.82) is 0 Å². The summed E-state index contributed by atoms with van der Waals surface area (Å²) in [5.41, 5.74) is 0. The molecule has 0 radical (unpaired) electrons. The second-order valence-electron chi connectivity index (χ2n) is 5.47. The molecule has 12 heteroatoms. The first-order valence-electron chi connectivity index (χ1n) is 9.01. The van der Waals surface area contributed by atoms with Crippen LogP contribution in [-0.2, 0) is 39.1 Å². The fourth-order valence-corrected chi connectivity index (χ4v) is 4.90. The number of esters is 2. The third kappa shape index (κ3) is 9.62. The van der Waals surface area contributed by atoms with Gasteiger partial charge >= 0.3 is 11.9 Å². The summed E-state index contributed by atoms with van der Waals surface area (Å²) in [6, 6.07) is 0. The summed E-state index contributed by atoms with van der Waals surface area (Å²) >= 11 is 0. The molecule has 0 aliphatic rings. The molecule has 0 aromatic rings. The molecule has 0 amide bonds. The van der Waals surface area contributed by atoms with Crippen LogP contribution in [0.3, 0.4) is 0 Å². The summed E-state index contributed by atoms with van der Waals surface area (Å²) in [5, 5.41) is 0. The third-order valence-corrected chi connectivity index (χ3v) is 7.70. The topological polar surface area (TPSA) is 127 Å². The van der Waals surface area contributed by atoms with Crippen molar-refractivity contribution in [2.75, 3.05) is 50.9 Å². The Bertz CT molecular complexity index is 662. The molecule has 0 spiro atoms. The first-order valence-corrected chi connectivity index (χ1v) is 12.2. The van der Waals surface area contributed by atoms with E-state index in [1.165, 1.54) is 8.61 Å². The number of hydrogen-bond donors (Lipinski definition) is 0. The first kappa shape index (κ1) is 26.5. The Morgan fingerprint density at radius 1 is 0.679 bits per heavy atom. The predicted octanol–water partition coefficient (Wildman–Crippen LogP) is -0.0278. The highest BCUT2D eigenvalue weighted by molar-refractivity contribution is 7.89. The Balaban J connectivity index is 4.33. The second kappa shape index (κ2) is 12.9. The highest BCUT2D eigenvalue weighted by atomic mass is 32.2. The molecule has 28 heavy (non-hydrogen) atoms. The lowest BCUT2D eigenvalue weighted by atomic mass is 10.5. The van der Waals surface area contributed by atoms with E-state index in [1.807, 2.05) is 0 Å². The SMILES string of the molecule is CCN(CC)S(=O)(=O)CCOC(=O)/C=C/C(=O)OCCS(=O)(=O)N(CC)CC. The van der Waals surface area contributed by atoms with Gasteiger partial charge in [-0.1, -0.05) is 27.7 Å². The van der Waals surface area contributed by atoms with Gasteiger partial charge in [-0.25, -0.2) is 35.0 Å². The average molecular weight is 443 g/mol. The molecule has 0 saturated heterocycles. The minimum atomic E-state index is -3.51. The molecule has 0 bridgehead atoms. The van der Waals surface area contributed by atoms with E-state index in [2.05, 4.69) is 0 Å². The minimum absolute atomic E-state index is 0.322. The fraction of sp³-hybridized carbons (Fsp3) is 0.750. The highest BCUT2D eigenvalue weighted by Gasteiger charge is 2.20. The van der Waals surface area contributed by atoms with Crippen LogP contribution in [0.2, 0.25) is 0 Å². The third-order valence-electron chi connectivity index (χ3n) is 3.72. The number of sulfonamides is 2. The van der Waals surface area contributed by atoms with Crippen LogP contribution in [0.15, 0.2) is 12.2 Å². The maximum atomic E-state index is 11.9. The quantitative estimate of drug-likeness (QED) is 0.271. The summed E-state index contributed by atoms with van der Waals surface area (Å²) in [7, 11) is -7.02. The first-order chi connectivity index (χ1) is 13.0. The van der Waals surface area contributed by atoms with E-state index in [9.17, 15) is 26.4 Å². The number of hydrogen-bond acceptors (Lipinski definition) is 8. The van der Waals surface area contributed by atoms with Crippen LogP contribution in [0.1, 0.15) is 27.7 Å². The molecular weight excluding hydrogens is 412 g/mol. The number of nitrogens with zero attached hydrogens (tertiary/aromatic N) is 2. The standard InChI is InChI=1S/C16H30N2O8S2/c1-5-17(6-2)27(21,22)13-11-25-15(19)9-10-16(20)26-12-14-28(23,24)18(7-3)8-4/h9-10H,5-8,11-14H2,1-4H3/b10-9+. The summed E-state index contributed by atoms with van der Waals surface area (Å²) in [6.07, 6.45) is 1.59. The van der Waals surface area contributed by atoms with Gasteiger partial charge in [0, 0.05) is 38.3 Å². The lowest BCUT2D eigenvalue weighted by Crippen LogP contribution is -2.34. The van der Waals surface area contributed by atoms with Crippen LogP contribution < -0.4 is 0 Å². The summed E-state index contributed by atoms with van der Waals surface area (Å²) in [4.78, 5) is 23.0. The largest absolute Gasteiger partial charge is 0.461 e. The normalized spacial score (nSPS) is 12.6. The molecule has 0 unspecified atom stereocenters. The lowest BCUT2D eigenvalue weighted by Gasteiger charge is -2.18. The van der Waals surface area contributed by atoms with Gasteiger partial charge in [0.25, 0.3) is 0 Å². The van der Waals surface area contributed by atoms with Crippen LogP contribution in [0, 0.1) is 0 Å². The monoisotopic (exact) mass is 442 g/mol. The number of rotatable bonds is 14. The zero-order valence-electron chi connectivity index (χ0n) is 16.8. The van der Waals surface area contributed by atoms with Gasteiger partial charge in [-0.15, -0.1) is 0 Å². The maximum absolute atomic E-state index is 11.9. The molecule has 0 heterocycles. The van der Waals surface area contributed by atoms with Gasteiger partial charge in [-0.2, -0.15) is 0 Å². The summed E-state index contributed by atoms with van der Waals surface area (Å²) < 4.78 is 59.7. The zero-order valence-corrected chi connectivity index (χ0v) is 18.4. The Morgan fingerprint density at radius 3 is 1.21 bits per heavy atom. The molecule has 0 aliphatic carbocycles. The van der Waals surface area contributed by atoms with Crippen molar-refractivity contribution >= 4 is 32.0 Å². The zero-order chi connectivity index (χ0) is 21.8. The fourth-order valence-electron chi connectivity index (χ4n) is 2.22. The van der Waals surface area contributed by atoms with Crippen LogP contribution in [0.4, 0.5) is 0 Å². The van der Waals surface area contributed by atoms with Crippen molar-refractivity contribution in [3.05, 3.63) is 12.2 Å². The summed E-state index contributed by atoms with van der Waals surface area (Å²) in [6.45, 7) is 7.40. The Morgan fingerprint density at radius 2 is 0.964 bits per heavy atom. The van der Waals surface area contributed by atoms with Crippen LogP contribution in [-0.4, -0.2) is 88.3 Å². The van der Waals surface area contributed by atoms with Crippen LogP contribution in [0.25, 0.3) is 0 Å². The molecule has 0 saturated carbocycles. The van der Waals surface area contributed by atoms with Crippen molar-refractivity contribution in [3.63, 3.8) is 0 Å². The van der Waals surface area contributed by atoms with Gasteiger partial charge in [0.1, 0.15) is 13.2 Å². The van der Waals surface area contributed by atoms with E-state index in [0.29, 0.717) is 26.2 Å². The van der Waals surface area contributed by atoms with Gasteiger partial charge < -0.3 is 9.47 Å². The molecular formula is C16H30N2O8S2. The Kier molecular flexibility index (Phi) is 12.2. The van der Waals surface area contributed by atoms with Crippen molar-refractivity contribution in [1.82, 2.24) is 8.61 Å². The molecule has 0 aromatic heterocycles. The predicted molar refractivity (Wildman–Crippen MR) is 104 cm³/mol. The van der Waals surface area contributed by atoms with E-state index in [-0.39, 0.29) is 24.7 Å². The smallest absolute Gasteiger partial charge is 0.331 e. The number of carbonyl (C=O) groups is 2. The van der Waals surface area contributed by atoms with Crippen molar-refractivity contribution < 1.29 is 35.9 Å². The minimum Gasteiger partial charge on any atom is -0.461 e. The van der Waals surface area contributed by atoms with Crippen molar-refractivity contribution in [2.24, 2.45) is 0 Å². The average Bonchev–Trinajstić information content (AvgIpc) is 2.61. The molecule has 0 fully saturated rings. The number of ether oxygens (including phenoxy) is 2. The molecule has 0 N–H and O–H groups in total. The molecule has 0 aromatic carbocycles. The molecule has 10 nitrogen and oxygen atoms in total. The van der Waals surface area contributed by atoms with Crippen molar-refractivity contribution in [3.8, 4) is 0 Å². The molecule has 0 rings (SSSR count). The molecule has 0 atom stereocenters. The van der Waals surface area contributed by atoms with Gasteiger partial charge in [-0.3, -0.25) is 0 Å². The van der Waals surface area contributed by atoms with E-state index in [1.54, 1.807) is 27.7 Å². The van der Waals surface area contributed by atoms with Crippen molar-refractivity contribution in [2.45, 2.75) is 27.7 Å². The number of carbonyl (C=O) groups excluding carboxylic acids is 2. The molecule has 164 valence electrons. The van der Waals surface area contributed by atoms with Gasteiger partial charge in [0.15, 0.2) is 0 Å².